The predicted molar refractivity (Wildman–Crippen MR) is 87.8 cm³/mol. The van der Waals surface area contributed by atoms with Crippen molar-refractivity contribution in [1.82, 2.24) is 0 Å². The summed E-state index contributed by atoms with van der Waals surface area (Å²) < 4.78 is 16.7. The molecule has 0 aromatic heterocycles. The summed E-state index contributed by atoms with van der Waals surface area (Å²) in [6.45, 7) is 18.6. The second kappa shape index (κ2) is 6.48. The van der Waals surface area contributed by atoms with Gasteiger partial charge in [0.05, 0.1) is 24.2 Å². The smallest absolute Gasteiger partial charge is 0.312 e. The Kier molecular flexibility index (Phi) is 5.73. The van der Waals surface area contributed by atoms with Crippen molar-refractivity contribution in [3.8, 4) is 0 Å². The van der Waals surface area contributed by atoms with Gasteiger partial charge in [-0.15, -0.1) is 0 Å². The van der Waals surface area contributed by atoms with Crippen molar-refractivity contribution in [2.24, 2.45) is 16.2 Å². The Balaban J connectivity index is 2.58. The molecule has 1 aliphatic heterocycles. The fourth-order valence-corrected chi connectivity index (χ4v) is 3.07. The van der Waals surface area contributed by atoms with Gasteiger partial charge in [0.2, 0.25) is 0 Å². The van der Waals surface area contributed by atoms with Crippen LogP contribution in [0.3, 0.4) is 0 Å². The summed E-state index contributed by atoms with van der Waals surface area (Å²) in [6.07, 6.45) is 0.892. The molecular formula is C18H34O4. The summed E-state index contributed by atoms with van der Waals surface area (Å²) in [5.74, 6) is -0.149. The fourth-order valence-electron chi connectivity index (χ4n) is 3.07. The van der Waals surface area contributed by atoms with Gasteiger partial charge in [-0.2, -0.15) is 0 Å². The first-order valence-electron chi connectivity index (χ1n) is 8.22. The lowest BCUT2D eigenvalue weighted by Crippen LogP contribution is -2.51. The average molecular weight is 314 g/mol. The fraction of sp³-hybridized carbons (Fsp3) is 0.944. The molecule has 0 bridgehead atoms. The Hall–Kier alpha value is -0.610. The predicted octanol–water partition coefficient (Wildman–Crippen LogP) is 3.82. The lowest BCUT2D eigenvalue weighted by molar-refractivity contribution is -0.175. The highest BCUT2D eigenvalue weighted by atomic mass is 16.6. The van der Waals surface area contributed by atoms with Crippen LogP contribution in [0.1, 0.15) is 61.8 Å². The molecule has 0 aromatic rings. The highest BCUT2D eigenvalue weighted by Crippen LogP contribution is 2.52. The molecule has 4 heteroatoms. The van der Waals surface area contributed by atoms with E-state index in [-0.39, 0.29) is 29.0 Å². The number of hydrogen-bond acceptors (Lipinski definition) is 4. The minimum atomic E-state index is -0.569. The molecule has 1 atom stereocenters. The molecule has 1 fully saturated rings. The first-order valence-corrected chi connectivity index (χ1v) is 8.22. The molecule has 1 heterocycles. The molecule has 4 nitrogen and oxygen atoms in total. The van der Waals surface area contributed by atoms with E-state index < -0.39 is 5.41 Å². The van der Waals surface area contributed by atoms with Crippen LogP contribution in [0.2, 0.25) is 0 Å². The topological polar surface area (TPSA) is 44.8 Å². The maximum Gasteiger partial charge on any atom is 0.312 e. The molecule has 1 unspecified atom stereocenters. The second-order valence-electron chi connectivity index (χ2n) is 8.86. The van der Waals surface area contributed by atoms with E-state index in [1.807, 2.05) is 13.8 Å². The standard InChI is InChI=1S/C18H34O4/c1-15(2,3)18(8,16(4,5)6)14(19)21-11-12-22-17(7)9-10-20-13-17/h9-13H2,1-8H3. The van der Waals surface area contributed by atoms with E-state index in [0.29, 0.717) is 13.2 Å². The second-order valence-corrected chi connectivity index (χ2v) is 8.86. The Morgan fingerprint density at radius 2 is 1.59 bits per heavy atom. The lowest BCUT2D eigenvalue weighted by atomic mass is 9.55. The van der Waals surface area contributed by atoms with Gasteiger partial charge in [-0.25, -0.2) is 0 Å². The average Bonchev–Trinajstić information content (AvgIpc) is 2.78. The van der Waals surface area contributed by atoms with E-state index in [2.05, 4.69) is 41.5 Å². The summed E-state index contributed by atoms with van der Waals surface area (Å²) in [5, 5.41) is 0. The van der Waals surface area contributed by atoms with Gasteiger partial charge in [0, 0.05) is 13.0 Å². The van der Waals surface area contributed by atoms with Crippen LogP contribution >= 0.6 is 0 Å². The molecule has 0 N–H and O–H groups in total. The maximum absolute atomic E-state index is 12.7. The van der Waals surface area contributed by atoms with E-state index >= 15 is 0 Å². The van der Waals surface area contributed by atoms with Gasteiger partial charge in [0.15, 0.2) is 0 Å². The van der Waals surface area contributed by atoms with Crippen LogP contribution in [0.25, 0.3) is 0 Å². The molecule has 1 saturated heterocycles. The van der Waals surface area contributed by atoms with Crippen LogP contribution in [-0.2, 0) is 19.0 Å². The zero-order valence-corrected chi connectivity index (χ0v) is 15.7. The van der Waals surface area contributed by atoms with Crippen LogP contribution in [0.5, 0.6) is 0 Å². The van der Waals surface area contributed by atoms with Gasteiger partial charge in [0.25, 0.3) is 0 Å². The van der Waals surface area contributed by atoms with E-state index in [1.165, 1.54) is 0 Å². The third-order valence-corrected chi connectivity index (χ3v) is 5.36. The molecule has 0 radical (unpaired) electrons. The number of carbonyl (C=O) groups excluding carboxylic acids is 1. The normalized spacial score (nSPS) is 23.6. The van der Waals surface area contributed by atoms with Crippen molar-refractivity contribution in [3.05, 3.63) is 0 Å². The molecule has 22 heavy (non-hydrogen) atoms. The SMILES string of the molecule is CC1(OCCOC(=O)C(C)(C(C)(C)C)C(C)(C)C)CCOC1. The molecule has 0 aliphatic carbocycles. The number of hydrogen-bond donors (Lipinski definition) is 0. The number of carbonyl (C=O) groups is 1. The maximum atomic E-state index is 12.7. The molecule has 1 rings (SSSR count). The quantitative estimate of drug-likeness (QED) is 0.571. The van der Waals surface area contributed by atoms with Gasteiger partial charge in [-0.3, -0.25) is 4.79 Å². The monoisotopic (exact) mass is 314 g/mol. The van der Waals surface area contributed by atoms with E-state index in [9.17, 15) is 4.79 Å². The van der Waals surface area contributed by atoms with Crippen LogP contribution in [0.4, 0.5) is 0 Å². The van der Waals surface area contributed by atoms with Crippen molar-refractivity contribution in [2.45, 2.75) is 67.4 Å². The minimum Gasteiger partial charge on any atom is -0.463 e. The molecule has 1 aliphatic rings. The lowest BCUT2D eigenvalue weighted by Gasteiger charge is -2.48. The first kappa shape index (κ1) is 19.4. The van der Waals surface area contributed by atoms with E-state index in [0.717, 1.165) is 13.0 Å². The Bertz CT molecular complexity index is 367. The van der Waals surface area contributed by atoms with Crippen molar-refractivity contribution < 1.29 is 19.0 Å². The Morgan fingerprint density at radius 3 is 2.00 bits per heavy atom. The number of rotatable bonds is 5. The summed E-state index contributed by atoms with van der Waals surface area (Å²) in [5.41, 5.74) is -1.17. The van der Waals surface area contributed by atoms with Crippen molar-refractivity contribution in [1.29, 1.82) is 0 Å². The molecule has 130 valence electrons. The molecule has 0 spiro atoms. The number of ether oxygens (including phenoxy) is 3. The Morgan fingerprint density at radius 1 is 1.05 bits per heavy atom. The van der Waals surface area contributed by atoms with Crippen molar-refractivity contribution in [2.75, 3.05) is 26.4 Å². The summed E-state index contributed by atoms with van der Waals surface area (Å²) in [4.78, 5) is 12.7. The van der Waals surface area contributed by atoms with Gasteiger partial charge in [-0.1, -0.05) is 41.5 Å². The van der Waals surface area contributed by atoms with E-state index in [1.54, 1.807) is 0 Å². The largest absolute Gasteiger partial charge is 0.463 e. The van der Waals surface area contributed by atoms with Gasteiger partial charge in [-0.05, 0) is 24.7 Å². The number of esters is 1. The molecule has 0 aromatic carbocycles. The third-order valence-electron chi connectivity index (χ3n) is 5.36. The first-order chi connectivity index (χ1) is 9.83. The highest BCUT2D eigenvalue weighted by molar-refractivity contribution is 5.78. The molecular weight excluding hydrogens is 280 g/mol. The van der Waals surface area contributed by atoms with Crippen LogP contribution < -0.4 is 0 Å². The summed E-state index contributed by atoms with van der Waals surface area (Å²) in [7, 11) is 0. The van der Waals surface area contributed by atoms with Crippen LogP contribution in [0.15, 0.2) is 0 Å². The minimum absolute atomic E-state index is 0.149. The molecule has 0 saturated carbocycles. The molecule has 0 amide bonds. The van der Waals surface area contributed by atoms with E-state index in [4.69, 9.17) is 14.2 Å². The third kappa shape index (κ3) is 4.02. The summed E-state index contributed by atoms with van der Waals surface area (Å²) >= 11 is 0. The van der Waals surface area contributed by atoms with Gasteiger partial charge >= 0.3 is 5.97 Å². The highest BCUT2D eigenvalue weighted by Gasteiger charge is 2.53. The summed E-state index contributed by atoms with van der Waals surface area (Å²) in [6, 6.07) is 0. The van der Waals surface area contributed by atoms with Gasteiger partial charge in [0.1, 0.15) is 6.61 Å². The van der Waals surface area contributed by atoms with Gasteiger partial charge < -0.3 is 14.2 Å². The van der Waals surface area contributed by atoms with Crippen LogP contribution in [0, 0.1) is 16.2 Å². The van der Waals surface area contributed by atoms with Crippen molar-refractivity contribution >= 4 is 5.97 Å². The zero-order valence-electron chi connectivity index (χ0n) is 15.7. The zero-order chi connectivity index (χ0) is 17.2. The Labute approximate surface area is 135 Å². The van der Waals surface area contributed by atoms with Crippen molar-refractivity contribution in [3.63, 3.8) is 0 Å². The van der Waals surface area contributed by atoms with Crippen LogP contribution in [-0.4, -0.2) is 38.0 Å².